The lowest BCUT2D eigenvalue weighted by atomic mass is 9.85. The number of halogens is 2. The van der Waals surface area contributed by atoms with Gasteiger partial charge in [-0.15, -0.1) is 0 Å². The van der Waals surface area contributed by atoms with Crippen LogP contribution in [-0.2, 0) is 4.79 Å². The van der Waals surface area contributed by atoms with Crippen molar-refractivity contribution >= 4 is 35.2 Å². The highest BCUT2D eigenvalue weighted by molar-refractivity contribution is 6.31. The first-order valence-corrected chi connectivity index (χ1v) is 14.0. The Labute approximate surface area is 243 Å². The molecule has 210 valence electrons. The van der Waals surface area contributed by atoms with Crippen molar-refractivity contribution in [1.82, 2.24) is 15.5 Å². The minimum Gasteiger partial charge on any atom is -0.491 e. The molecule has 0 fully saturated rings. The van der Waals surface area contributed by atoms with E-state index < -0.39 is 18.2 Å². The van der Waals surface area contributed by atoms with Crippen LogP contribution in [0.5, 0.6) is 11.5 Å². The molecule has 40 heavy (non-hydrogen) atoms. The summed E-state index contributed by atoms with van der Waals surface area (Å²) in [6.07, 6.45) is 5.77. The van der Waals surface area contributed by atoms with Crippen LogP contribution in [0.25, 0.3) is 0 Å². The first-order valence-electron chi connectivity index (χ1n) is 13.3. The summed E-state index contributed by atoms with van der Waals surface area (Å²) in [6.45, 7) is 2.38. The molecule has 0 saturated heterocycles. The third kappa shape index (κ3) is 6.30. The summed E-state index contributed by atoms with van der Waals surface area (Å²) < 4.78 is 11.5. The summed E-state index contributed by atoms with van der Waals surface area (Å²) in [5, 5.41) is 17.7. The van der Waals surface area contributed by atoms with Gasteiger partial charge >= 0.3 is 6.09 Å². The van der Waals surface area contributed by atoms with Crippen LogP contribution < -0.4 is 20.1 Å². The van der Waals surface area contributed by atoms with E-state index >= 15 is 0 Å². The third-order valence-electron chi connectivity index (χ3n) is 7.21. The molecule has 0 bridgehead atoms. The van der Waals surface area contributed by atoms with Crippen LogP contribution in [0.4, 0.5) is 4.79 Å². The van der Waals surface area contributed by atoms with Gasteiger partial charge in [-0.05, 0) is 60.0 Å². The Kier molecular flexibility index (Phi) is 8.69. The van der Waals surface area contributed by atoms with Crippen molar-refractivity contribution in [3.05, 3.63) is 93.6 Å². The average molecular weight is 585 g/mol. The van der Waals surface area contributed by atoms with E-state index in [4.69, 9.17) is 32.7 Å². The number of aliphatic hydroxyl groups is 1. The van der Waals surface area contributed by atoms with Crippen LogP contribution in [0.1, 0.15) is 31.4 Å². The molecule has 0 aromatic heterocycles. The number of benzene rings is 2. The van der Waals surface area contributed by atoms with Gasteiger partial charge in [0.1, 0.15) is 30.3 Å². The van der Waals surface area contributed by atoms with Crippen molar-refractivity contribution in [2.45, 2.75) is 38.0 Å². The molecule has 4 atom stereocenters. The monoisotopic (exact) mass is 583 g/mol. The van der Waals surface area contributed by atoms with E-state index in [1.807, 2.05) is 30.3 Å². The van der Waals surface area contributed by atoms with Gasteiger partial charge in [-0.1, -0.05) is 54.4 Å². The fourth-order valence-electron chi connectivity index (χ4n) is 5.19. The standard InChI is InChI=1S/C30H31Cl2N3O5/c1-2-27(37)33-16-21(36)17-39-22-8-3-18(4-9-22)29-28-24(25-15-20(32)7-12-26(25)34-28)13-14-35(29)30(38)40-23-10-5-19(31)6-11-23/h3-12,15,21,25-26,29,34,36H,2,13-14,16-17H2,1H3,(H,33,37). The molecule has 2 amide bonds. The number of amides is 2. The van der Waals surface area contributed by atoms with E-state index in [1.165, 1.54) is 5.57 Å². The molecule has 4 unspecified atom stereocenters. The van der Waals surface area contributed by atoms with Gasteiger partial charge in [-0.3, -0.25) is 9.69 Å². The number of aliphatic hydroxyl groups excluding tert-OH is 1. The topological polar surface area (TPSA) is 100 Å². The molecular formula is C30H31Cl2N3O5. The predicted molar refractivity (Wildman–Crippen MR) is 153 cm³/mol. The highest BCUT2D eigenvalue weighted by Gasteiger charge is 2.43. The van der Waals surface area contributed by atoms with Gasteiger partial charge in [0.2, 0.25) is 5.91 Å². The minimum absolute atomic E-state index is 0.0337. The molecule has 10 heteroatoms. The smallest absolute Gasteiger partial charge is 0.416 e. The summed E-state index contributed by atoms with van der Waals surface area (Å²) in [4.78, 5) is 26.6. The van der Waals surface area contributed by atoms with E-state index in [2.05, 4.69) is 22.8 Å². The van der Waals surface area contributed by atoms with Crippen molar-refractivity contribution in [2.24, 2.45) is 5.92 Å². The molecule has 0 radical (unpaired) electrons. The van der Waals surface area contributed by atoms with Gasteiger partial charge < -0.3 is 25.2 Å². The zero-order valence-corrected chi connectivity index (χ0v) is 23.5. The van der Waals surface area contributed by atoms with E-state index in [0.29, 0.717) is 40.9 Å². The normalized spacial score (nSPS) is 22.1. The van der Waals surface area contributed by atoms with Crippen LogP contribution >= 0.6 is 23.2 Å². The molecule has 2 aliphatic heterocycles. The number of hydrogen-bond acceptors (Lipinski definition) is 6. The van der Waals surface area contributed by atoms with E-state index in [-0.39, 0.29) is 31.0 Å². The van der Waals surface area contributed by atoms with Crippen molar-refractivity contribution in [3.8, 4) is 11.5 Å². The number of nitrogens with one attached hydrogen (secondary N) is 2. The lowest BCUT2D eigenvalue weighted by Gasteiger charge is -2.37. The maximum atomic E-state index is 13.5. The molecule has 3 N–H and O–H groups in total. The number of ether oxygens (including phenoxy) is 2. The van der Waals surface area contributed by atoms with Gasteiger partial charge in [0, 0.05) is 41.2 Å². The predicted octanol–water partition coefficient (Wildman–Crippen LogP) is 5.09. The molecule has 8 nitrogen and oxygen atoms in total. The number of fused-ring (bicyclic) bond motifs is 2. The molecule has 2 aromatic rings. The summed E-state index contributed by atoms with van der Waals surface area (Å²) in [6, 6.07) is 13.8. The maximum absolute atomic E-state index is 13.5. The van der Waals surface area contributed by atoms with Gasteiger partial charge in [0.15, 0.2) is 0 Å². The fraction of sp³-hybridized carbons (Fsp3) is 0.333. The Morgan fingerprint density at radius 2 is 1.85 bits per heavy atom. The van der Waals surface area contributed by atoms with Gasteiger partial charge in [-0.2, -0.15) is 0 Å². The number of rotatable bonds is 8. The van der Waals surface area contributed by atoms with Crippen LogP contribution in [0.15, 0.2) is 83.1 Å². The number of carbonyl (C=O) groups excluding carboxylic acids is 2. The van der Waals surface area contributed by atoms with Crippen LogP contribution in [0, 0.1) is 5.92 Å². The molecule has 5 rings (SSSR count). The number of nitrogens with zero attached hydrogens (tertiary/aromatic N) is 1. The fourth-order valence-corrected chi connectivity index (χ4v) is 5.53. The summed E-state index contributed by atoms with van der Waals surface area (Å²) in [5.41, 5.74) is 3.08. The summed E-state index contributed by atoms with van der Waals surface area (Å²) in [5.74, 6) is 0.978. The largest absolute Gasteiger partial charge is 0.491 e. The van der Waals surface area contributed by atoms with Crippen LogP contribution in [0.2, 0.25) is 5.02 Å². The number of hydrogen-bond donors (Lipinski definition) is 3. The second kappa shape index (κ2) is 12.4. The van der Waals surface area contributed by atoms with Crippen molar-refractivity contribution in [2.75, 3.05) is 19.7 Å². The Bertz CT molecular complexity index is 1340. The second-order valence-electron chi connectivity index (χ2n) is 9.90. The second-order valence-corrected chi connectivity index (χ2v) is 10.8. The molecule has 3 aliphatic rings. The van der Waals surface area contributed by atoms with Crippen molar-refractivity contribution in [3.63, 3.8) is 0 Å². The Morgan fingerprint density at radius 3 is 2.58 bits per heavy atom. The molecule has 0 spiro atoms. The maximum Gasteiger partial charge on any atom is 0.416 e. The van der Waals surface area contributed by atoms with E-state index in [1.54, 1.807) is 36.1 Å². The lowest BCUT2D eigenvalue weighted by Crippen LogP contribution is -2.43. The van der Waals surface area contributed by atoms with Crippen LogP contribution in [-0.4, -0.2) is 53.8 Å². The first-order chi connectivity index (χ1) is 19.3. The van der Waals surface area contributed by atoms with E-state index in [9.17, 15) is 14.7 Å². The number of allylic oxidation sites excluding steroid dienone is 2. The molecular weight excluding hydrogens is 553 g/mol. The Morgan fingerprint density at radius 1 is 1.12 bits per heavy atom. The lowest BCUT2D eigenvalue weighted by molar-refractivity contribution is -0.121. The van der Waals surface area contributed by atoms with Crippen LogP contribution in [0.3, 0.4) is 0 Å². The van der Waals surface area contributed by atoms with E-state index in [0.717, 1.165) is 11.3 Å². The zero-order valence-electron chi connectivity index (χ0n) is 22.0. The SMILES string of the molecule is CCC(=O)NCC(O)COc1ccc(C2C3=C(CCN2C(=O)Oc2ccc(Cl)cc2)C2C=C(Cl)C=CC2N3)cc1. The first kappa shape index (κ1) is 28.1. The average Bonchev–Trinajstić information content (AvgIpc) is 3.33. The van der Waals surface area contributed by atoms with Gasteiger partial charge in [0.25, 0.3) is 0 Å². The van der Waals surface area contributed by atoms with Crippen molar-refractivity contribution in [1.29, 1.82) is 0 Å². The Balaban J connectivity index is 1.36. The zero-order chi connectivity index (χ0) is 28.2. The van der Waals surface area contributed by atoms with Gasteiger partial charge in [-0.25, -0.2) is 4.79 Å². The third-order valence-corrected chi connectivity index (χ3v) is 7.72. The molecule has 2 aromatic carbocycles. The summed E-state index contributed by atoms with van der Waals surface area (Å²) >= 11 is 12.3. The highest BCUT2D eigenvalue weighted by atomic mass is 35.5. The molecule has 0 saturated carbocycles. The quantitative estimate of drug-likeness (QED) is 0.400. The Hall–Kier alpha value is -3.46. The molecule has 2 heterocycles. The number of carbonyl (C=O) groups is 2. The minimum atomic E-state index is -0.835. The molecule has 1 aliphatic carbocycles. The highest BCUT2D eigenvalue weighted by Crippen LogP contribution is 2.45. The van der Waals surface area contributed by atoms with Crippen molar-refractivity contribution < 1.29 is 24.2 Å². The summed E-state index contributed by atoms with van der Waals surface area (Å²) in [7, 11) is 0. The van der Waals surface area contributed by atoms with Gasteiger partial charge in [0.05, 0.1) is 6.04 Å².